The third-order valence-electron chi connectivity index (χ3n) is 5.88. The second-order valence-electron chi connectivity index (χ2n) is 8.78. The van der Waals surface area contributed by atoms with Crippen LogP contribution in [0.1, 0.15) is 29.5 Å². The van der Waals surface area contributed by atoms with Crippen LogP contribution in [0.25, 0.3) is 22.6 Å². The number of sulfonamides is 1. The van der Waals surface area contributed by atoms with E-state index in [9.17, 15) is 18.0 Å². The molecule has 204 valence electrons. The van der Waals surface area contributed by atoms with Gasteiger partial charge in [-0.05, 0) is 61.9 Å². The number of nitrogens with one attached hydrogen (secondary N) is 2. The van der Waals surface area contributed by atoms with Crippen molar-refractivity contribution < 1.29 is 31.7 Å². The number of aryl methyl sites for hydroxylation is 1. The molecule has 2 aromatic heterocycles. The molecule has 0 aliphatic rings. The van der Waals surface area contributed by atoms with E-state index in [1.54, 1.807) is 50.2 Å². The highest BCUT2D eigenvalue weighted by Crippen LogP contribution is 2.28. The number of carbonyl (C=O) groups is 2. The fourth-order valence-electron chi connectivity index (χ4n) is 3.90. The predicted molar refractivity (Wildman–Crippen MR) is 146 cm³/mol. The molecule has 12 heteroatoms. The van der Waals surface area contributed by atoms with Gasteiger partial charge in [0.25, 0.3) is 15.9 Å². The van der Waals surface area contributed by atoms with Gasteiger partial charge < -0.3 is 19.0 Å². The molecule has 3 aromatic carbocycles. The van der Waals surface area contributed by atoms with E-state index in [-0.39, 0.29) is 28.6 Å². The van der Waals surface area contributed by atoms with Gasteiger partial charge in [-0.15, -0.1) is 0 Å². The summed E-state index contributed by atoms with van der Waals surface area (Å²) in [7, 11) is -3.92. The smallest absolute Gasteiger partial charge is 0.339 e. The number of benzene rings is 3. The molecule has 5 rings (SSSR count). The molecule has 1 atom stereocenters. The quantitative estimate of drug-likeness (QED) is 0.233. The molecule has 0 radical (unpaired) electrons. The number of carbonyl (C=O) groups excluding carboxylic acids is 2. The van der Waals surface area contributed by atoms with Crippen LogP contribution in [-0.4, -0.2) is 36.5 Å². The Bertz CT molecular complexity index is 1760. The molecule has 0 saturated carbocycles. The molecule has 0 aliphatic carbocycles. The monoisotopic (exact) mass is 560 g/mol. The Labute approximate surface area is 229 Å². The minimum Gasteiger partial charge on any atom is -0.449 e. The van der Waals surface area contributed by atoms with Crippen LogP contribution in [0.15, 0.2) is 92.7 Å². The van der Waals surface area contributed by atoms with E-state index in [1.807, 2.05) is 12.1 Å². The minimum absolute atomic E-state index is 0.0413. The van der Waals surface area contributed by atoms with Crippen molar-refractivity contribution in [2.45, 2.75) is 31.3 Å². The van der Waals surface area contributed by atoms with Crippen LogP contribution in [-0.2, 0) is 19.6 Å². The number of para-hydroxylation sites is 2. The molecule has 0 spiro atoms. The summed E-state index contributed by atoms with van der Waals surface area (Å²) in [6.07, 6.45) is -0.902. The average molecular weight is 561 g/mol. The highest BCUT2D eigenvalue weighted by atomic mass is 32.2. The number of aromatic nitrogens is 2. The number of ether oxygens (including phenoxy) is 1. The minimum atomic E-state index is -3.92. The van der Waals surface area contributed by atoms with Gasteiger partial charge in [-0.25, -0.2) is 18.2 Å². The Morgan fingerprint density at radius 1 is 1.00 bits per heavy atom. The van der Waals surface area contributed by atoms with Gasteiger partial charge in [-0.2, -0.15) is 0 Å². The zero-order valence-electron chi connectivity index (χ0n) is 21.5. The number of nitrogens with zero attached hydrogens (tertiary/aromatic N) is 2. The van der Waals surface area contributed by atoms with E-state index >= 15 is 0 Å². The summed E-state index contributed by atoms with van der Waals surface area (Å²) in [5.41, 5.74) is 2.18. The van der Waals surface area contributed by atoms with Gasteiger partial charge in [-0.3, -0.25) is 9.52 Å². The van der Waals surface area contributed by atoms with Crippen molar-refractivity contribution >= 4 is 44.5 Å². The van der Waals surface area contributed by atoms with Crippen molar-refractivity contribution in [3.63, 3.8) is 0 Å². The van der Waals surface area contributed by atoms with Gasteiger partial charge in [0.1, 0.15) is 11.3 Å². The van der Waals surface area contributed by atoms with Crippen LogP contribution in [0.2, 0.25) is 0 Å². The zero-order valence-corrected chi connectivity index (χ0v) is 22.3. The van der Waals surface area contributed by atoms with Crippen molar-refractivity contribution in [3.8, 4) is 11.5 Å². The summed E-state index contributed by atoms with van der Waals surface area (Å²) in [5.74, 6) is -0.510. The standard InChI is InChI=1S/C28H24N4O7S/c1-3-23(26(33)29-18-12-14-19(15-13-18)40(35,36)32-25-16-17(2)39-31-25)38-28(34)21-9-5-4-8-20(21)27-30-22-10-6-7-11-24(22)37-27/h4-16,23H,3H2,1-2H3,(H,29,33)(H,31,32). The van der Waals surface area contributed by atoms with Gasteiger partial charge in [0, 0.05) is 11.8 Å². The number of oxazole rings is 1. The fraction of sp³-hybridized carbons (Fsp3) is 0.143. The van der Waals surface area contributed by atoms with E-state index in [2.05, 4.69) is 20.2 Å². The summed E-state index contributed by atoms with van der Waals surface area (Å²) in [4.78, 5) is 30.5. The lowest BCUT2D eigenvalue weighted by molar-refractivity contribution is -0.124. The second kappa shape index (κ2) is 11.0. The van der Waals surface area contributed by atoms with Crippen molar-refractivity contribution in [3.05, 3.63) is 90.2 Å². The maximum absolute atomic E-state index is 13.1. The normalized spacial score (nSPS) is 12.2. The molecular weight excluding hydrogens is 536 g/mol. The lowest BCUT2D eigenvalue weighted by Gasteiger charge is -2.17. The maximum Gasteiger partial charge on any atom is 0.339 e. The first-order chi connectivity index (χ1) is 19.2. The SMILES string of the molecule is CCC(OC(=O)c1ccccc1-c1nc2ccccc2o1)C(=O)Nc1ccc(S(=O)(=O)Nc2cc(C)on2)cc1. The van der Waals surface area contributed by atoms with Crippen molar-refractivity contribution in [1.82, 2.24) is 10.1 Å². The number of amides is 1. The number of rotatable bonds is 9. The number of fused-ring (bicyclic) bond motifs is 1. The highest BCUT2D eigenvalue weighted by Gasteiger charge is 2.25. The molecular formula is C28H24N4O7S. The van der Waals surface area contributed by atoms with E-state index in [0.29, 0.717) is 28.1 Å². The third-order valence-corrected chi connectivity index (χ3v) is 7.25. The van der Waals surface area contributed by atoms with E-state index in [1.165, 1.54) is 30.3 Å². The molecule has 5 aromatic rings. The largest absolute Gasteiger partial charge is 0.449 e. The lowest BCUT2D eigenvalue weighted by atomic mass is 10.1. The first-order valence-corrected chi connectivity index (χ1v) is 13.7. The molecule has 0 bridgehead atoms. The van der Waals surface area contributed by atoms with Gasteiger partial charge in [0.05, 0.1) is 16.0 Å². The van der Waals surface area contributed by atoms with Gasteiger partial charge in [0.2, 0.25) is 5.89 Å². The summed E-state index contributed by atoms with van der Waals surface area (Å²) in [6, 6.07) is 20.9. The maximum atomic E-state index is 13.1. The van der Waals surface area contributed by atoms with Gasteiger partial charge in [0.15, 0.2) is 17.5 Å². The topological polar surface area (TPSA) is 154 Å². The molecule has 11 nitrogen and oxygen atoms in total. The Morgan fingerprint density at radius 3 is 2.42 bits per heavy atom. The van der Waals surface area contributed by atoms with Crippen molar-refractivity contribution in [2.75, 3.05) is 10.0 Å². The first-order valence-electron chi connectivity index (χ1n) is 12.3. The van der Waals surface area contributed by atoms with E-state index in [4.69, 9.17) is 13.7 Å². The van der Waals surface area contributed by atoms with Crippen LogP contribution in [0.4, 0.5) is 11.5 Å². The second-order valence-corrected chi connectivity index (χ2v) is 10.5. The van der Waals surface area contributed by atoms with Gasteiger partial charge in [-0.1, -0.05) is 36.3 Å². The van der Waals surface area contributed by atoms with E-state index in [0.717, 1.165) is 0 Å². The zero-order chi connectivity index (χ0) is 28.3. The van der Waals surface area contributed by atoms with Gasteiger partial charge >= 0.3 is 5.97 Å². The fourth-order valence-corrected chi connectivity index (χ4v) is 4.88. The lowest BCUT2D eigenvalue weighted by Crippen LogP contribution is -2.32. The Kier molecular flexibility index (Phi) is 7.34. The number of esters is 1. The van der Waals surface area contributed by atoms with Crippen LogP contribution >= 0.6 is 0 Å². The molecule has 2 N–H and O–H groups in total. The molecule has 1 amide bonds. The summed E-state index contributed by atoms with van der Waals surface area (Å²) >= 11 is 0. The number of hydrogen-bond donors (Lipinski definition) is 2. The van der Waals surface area contributed by atoms with Crippen LogP contribution < -0.4 is 10.0 Å². The first kappa shape index (κ1) is 26.6. The molecule has 1 unspecified atom stereocenters. The number of hydrogen-bond acceptors (Lipinski definition) is 9. The summed E-state index contributed by atoms with van der Waals surface area (Å²) < 4.78 is 43.7. The number of anilines is 2. The summed E-state index contributed by atoms with van der Waals surface area (Å²) in [5, 5.41) is 6.27. The van der Waals surface area contributed by atoms with Crippen LogP contribution in [0, 0.1) is 6.92 Å². The van der Waals surface area contributed by atoms with Crippen molar-refractivity contribution in [1.29, 1.82) is 0 Å². The Morgan fingerprint density at radius 2 is 1.73 bits per heavy atom. The average Bonchev–Trinajstić information content (AvgIpc) is 3.57. The van der Waals surface area contributed by atoms with E-state index < -0.39 is 28.0 Å². The summed E-state index contributed by atoms with van der Waals surface area (Å²) in [6.45, 7) is 3.34. The predicted octanol–water partition coefficient (Wildman–Crippen LogP) is 5.17. The molecule has 2 heterocycles. The molecule has 0 aliphatic heterocycles. The van der Waals surface area contributed by atoms with Crippen LogP contribution in [0.5, 0.6) is 0 Å². The highest BCUT2D eigenvalue weighted by molar-refractivity contribution is 7.92. The third kappa shape index (κ3) is 5.71. The Balaban J connectivity index is 1.27. The Hall–Kier alpha value is -4.97. The van der Waals surface area contributed by atoms with Crippen LogP contribution in [0.3, 0.4) is 0 Å². The van der Waals surface area contributed by atoms with Crippen molar-refractivity contribution in [2.24, 2.45) is 0 Å². The molecule has 40 heavy (non-hydrogen) atoms. The molecule has 0 fully saturated rings. The molecule has 0 saturated heterocycles.